The number of nitrogens with zero attached hydrogens (tertiary/aromatic N) is 1. The van der Waals surface area contributed by atoms with E-state index in [4.69, 9.17) is 16.3 Å². The van der Waals surface area contributed by atoms with Gasteiger partial charge in [-0.25, -0.2) is 0 Å². The van der Waals surface area contributed by atoms with Crippen LogP contribution in [0.15, 0.2) is 53.5 Å². The van der Waals surface area contributed by atoms with Gasteiger partial charge in [0.25, 0.3) is 11.5 Å². The number of carbonyl (C=O) groups excluding carboxylic acids is 1. The van der Waals surface area contributed by atoms with E-state index in [1.165, 1.54) is 0 Å². The molecule has 0 fully saturated rings. The maximum atomic E-state index is 12.7. The van der Waals surface area contributed by atoms with Crippen LogP contribution in [0.3, 0.4) is 0 Å². The molecular formula is C20H19ClN2O3. The van der Waals surface area contributed by atoms with Gasteiger partial charge >= 0.3 is 0 Å². The van der Waals surface area contributed by atoms with Gasteiger partial charge in [-0.15, -0.1) is 0 Å². The van der Waals surface area contributed by atoms with Gasteiger partial charge in [0.05, 0.1) is 6.61 Å². The number of aromatic nitrogens is 1. The largest absolute Gasteiger partial charge is 0.383 e. The van der Waals surface area contributed by atoms with E-state index in [-0.39, 0.29) is 11.5 Å². The summed E-state index contributed by atoms with van der Waals surface area (Å²) >= 11 is 6.10. The van der Waals surface area contributed by atoms with E-state index in [9.17, 15) is 9.59 Å². The third-order valence-corrected chi connectivity index (χ3v) is 4.72. The van der Waals surface area contributed by atoms with Crippen molar-refractivity contribution in [1.82, 2.24) is 4.57 Å². The van der Waals surface area contributed by atoms with E-state index in [1.54, 1.807) is 61.2 Å². The van der Waals surface area contributed by atoms with Crippen LogP contribution in [0.4, 0.5) is 5.69 Å². The molecule has 1 heterocycles. The zero-order valence-corrected chi connectivity index (χ0v) is 15.3. The van der Waals surface area contributed by atoms with Crippen LogP contribution in [0.2, 0.25) is 5.02 Å². The Labute approximate surface area is 156 Å². The molecule has 0 unspecified atom stereocenters. The molecule has 1 aromatic heterocycles. The van der Waals surface area contributed by atoms with Gasteiger partial charge in [0, 0.05) is 46.9 Å². The Kier molecular flexibility index (Phi) is 5.40. The number of ether oxygens (including phenoxy) is 1. The first-order valence-corrected chi connectivity index (χ1v) is 8.58. The van der Waals surface area contributed by atoms with Crippen molar-refractivity contribution in [2.45, 2.75) is 13.5 Å². The van der Waals surface area contributed by atoms with Crippen molar-refractivity contribution in [1.29, 1.82) is 0 Å². The molecule has 0 aliphatic rings. The molecule has 3 aromatic rings. The van der Waals surface area contributed by atoms with E-state index in [0.29, 0.717) is 45.8 Å². The molecule has 134 valence electrons. The van der Waals surface area contributed by atoms with Gasteiger partial charge < -0.3 is 14.6 Å². The van der Waals surface area contributed by atoms with Crippen molar-refractivity contribution in [2.75, 3.05) is 19.0 Å². The maximum absolute atomic E-state index is 12.7. The van der Waals surface area contributed by atoms with Crippen molar-refractivity contribution >= 4 is 34.0 Å². The number of rotatable bonds is 5. The number of pyridine rings is 1. The van der Waals surface area contributed by atoms with E-state index >= 15 is 0 Å². The molecule has 3 rings (SSSR count). The SMILES string of the molecule is COCCn1ccc2c(NC(=O)c3cccc(Cl)c3C)cccc2c1=O. The fourth-order valence-electron chi connectivity index (χ4n) is 2.84. The first-order valence-electron chi connectivity index (χ1n) is 8.20. The molecule has 0 bridgehead atoms. The molecule has 0 aliphatic carbocycles. The lowest BCUT2D eigenvalue weighted by Gasteiger charge is -2.12. The quantitative estimate of drug-likeness (QED) is 0.741. The van der Waals surface area contributed by atoms with Crippen LogP contribution in [-0.2, 0) is 11.3 Å². The number of fused-ring (bicyclic) bond motifs is 1. The van der Waals surface area contributed by atoms with E-state index < -0.39 is 0 Å². The Morgan fingerprint density at radius 1 is 1.15 bits per heavy atom. The second-order valence-corrected chi connectivity index (χ2v) is 6.35. The minimum Gasteiger partial charge on any atom is -0.383 e. The summed E-state index contributed by atoms with van der Waals surface area (Å²) in [5, 5.41) is 4.67. The molecular weight excluding hydrogens is 352 g/mol. The van der Waals surface area contributed by atoms with Crippen molar-refractivity contribution in [2.24, 2.45) is 0 Å². The Morgan fingerprint density at radius 3 is 2.69 bits per heavy atom. The molecule has 1 amide bonds. The van der Waals surface area contributed by atoms with Crippen LogP contribution < -0.4 is 10.9 Å². The lowest BCUT2D eigenvalue weighted by Crippen LogP contribution is -2.22. The summed E-state index contributed by atoms with van der Waals surface area (Å²) in [5.41, 5.74) is 1.69. The van der Waals surface area contributed by atoms with Gasteiger partial charge in [-0.3, -0.25) is 9.59 Å². The fraction of sp³-hybridized carbons (Fsp3) is 0.200. The van der Waals surface area contributed by atoms with Gasteiger partial charge in [-0.05, 0) is 42.8 Å². The van der Waals surface area contributed by atoms with E-state index in [0.717, 1.165) is 0 Å². The zero-order valence-electron chi connectivity index (χ0n) is 14.6. The Balaban J connectivity index is 1.98. The fourth-order valence-corrected chi connectivity index (χ4v) is 3.01. The summed E-state index contributed by atoms with van der Waals surface area (Å²) in [6.45, 7) is 2.73. The van der Waals surface area contributed by atoms with Crippen LogP contribution in [-0.4, -0.2) is 24.2 Å². The maximum Gasteiger partial charge on any atom is 0.258 e. The van der Waals surface area contributed by atoms with Gasteiger partial charge in [-0.2, -0.15) is 0 Å². The summed E-state index contributed by atoms with van der Waals surface area (Å²) in [7, 11) is 1.59. The third kappa shape index (κ3) is 3.49. The van der Waals surface area contributed by atoms with Crippen molar-refractivity contribution in [3.05, 3.63) is 75.2 Å². The molecule has 0 atom stereocenters. The smallest absolute Gasteiger partial charge is 0.258 e. The van der Waals surface area contributed by atoms with Crippen LogP contribution in [0.25, 0.3) is 10.8 Å². The number of hydrogen-bond acceptors (Lipinski definition) is 3. The summed E-state index contributed by atoms with van der Waals surface area (Å²) < 4.78 is 6.63. The number of carbonyl (C=O) groups is 1. The number of benzene rings is 2. The van der Waals surface area contributed by atoms with E-state index in [1.807, 2.05) is 6.07 Å². The number of hydrogen-bond donors (Lipinski definition) is 1. The second-order valence-electron chi connectivity index (χ2n) is 5.94. The predicted molar refractivity (Wildman–Crippen MR) is 104 cm³/mol. The van der Waals surface area contributed by atoms with Gasteiger partial charge in [0.2, 0.25) is 0 Å². The molecule has 5 nitrogen and oxygen atoms in total. The Bertz CT molecular complexity index is 1030. The lowest BCUT2D eigenvalue weighted by atomic mass is 10.1. The highest BCUT2D eigenvalue weighted by molar-refractivity contribution is 6.32. The topological polar surface area (TPSA) is 60.3 Å². The minimum absolute atomic E-state index is 0.116. The number of amides is 1. The average Bonchev–Trinajstić information content (AvgIpc) is 2.64. The molecule has 0 aliphatic heterocycles. The monoisotopic (exact) mass is 370 g/mol. The third-order valence-electron chi connectivity index (χ3n) is 4.32. The first kappa shape index (κ1) is 18.2. The molecule has 0 saturated carbocycles. The van der Waals surface area contributed by atoms with Gasteiger partial charge in [0.1, 0.15) is 0 Å². The Morgan fingerprint density at radius 2 is 1.92 bits per heavy atom. The number of nitrogens with one attached hydrogen (secondary N) is 1. The normalized spacial score (nSPS) is 10.9. The molecule has 1 N–H and O–H groups in total. The summed E-state index contributed by atoms with van der Waals surface area (Å²) in [4.78, 5) is 25.3. The highest BCUT2D eigenvalue weighted by atomic mass is 35.5. The van der Waals surface area contributed by atoms with Crippen molar-refractivity contribution in [3.8, 4) is 0 Å². The van der Waals surface area contributed by atoms with Crippen molar-refractivity contribution < 1.29 is 9.53 Å². The average molecular weight is 371 g/mol. The zero-order chi connectivity index (χ0) is 18.7. The Hall–Kier alpha value is -2.63. The van der Waals surface area contributed by atoms with Crippen LogP contribution >= 0.6 is 11.6 Å². The summed E-state index contributed by atoms with van der Waals surface area (Å²) in [6.07, 6.45) is 1.71. The molecule has 6 heteroatoms. The molecule has 2 aromatic carbocycles. The summed E-state index contributed by atoms with van der Waals surface area (Å²) in [5.74, 6) is -0.263. The standard InChI is InChI=1S/C20H19ClN2O3/c1-13-14(5-3-7-17(13)21)19(24)22-18-8-4-6-16-15(18)9-10-23(20(16)25)11-12-26-2/h3-10H,11-12H2,1-2H3,(H,22,24). The van der Waals surface area contributed by atoms with Gasteiger partial charge in [0.15, 0.2) is 0 Å². The minimum atomic E-state index is -0.263. The van der Waals surface area contributed by atoms with Crippen molar-refractivity contribution in [3.63, 3.8) is 0 Å². The lowest BCUT2D eigenvalue weighted by molar-refractivity contribution is 0.102. The van der Waals surface area contributed by atoms with Crippen LogP contribution in [0.1, 0.15) is 15.9 Å². The second kappa shape index (κ2) is 7.72. The summed E-state index contributed by atoms with van der Waals surface area (Å²) in [6, 6.07) is 12.3. The van der Waals surface area contributed by atoms with Crippen LogP contribution in [0, 0.1) is 6.92 Å². The van der Waals surface area contributed by atoms with E-state index in [2.05, 4.69) is 5.32 Å². The number of halogens is 1. The van der Waals surface area contributed by atoms with Gasteiger partial charge in [-0.1, -0.05) is 23.7 Å². The number of anilines is 1. The highest BCUT2D eigenvalue weighted by Gasteiger charge is 2.13. The highest BCUT2D eigenvalue weighted by Crippen LogP contribution is 2.24. The predicted octanol–water partition coefficient (Wildman–Crippen LogP) is 3.86. The van der Waals surface area contributed by atoms with Crippen LogP contribution in [0.5, 0.6) is 0 Å². The first-order chi connectivity index (χ1) is 12.5. The molecule has 0 radical (unpaired) electrons. The number of methoxy groups -OCH3 is 1. The molecule has 0 spiro atoms. The molecule has 0 saturated heterocycles. The molecule has 26 heavy (non-hydrogen) atoms.